The molecule has 0 unspecified atom stereocenters. The van der Waals surface area contributed by atoms with Crippen molar-refractivity contribution >= 4 is 23.9 Å². The molecule has 2 aliphatic heterocycles. The van der Waals surface area contributed by atoms with Gasteiger partial charge in [-0.3, -0.25) is 24.0 Å². The van der Waals surface area contributed by atoms with Gasteiger partial charge < -0.3 is 23.7 Å². The highest BCUT2D eigenvalue weighted by molar-refractivity contribution is 5.68. The summed E-state index contributed by atoms with van der Waals surface area (Å²) in [6.07, 6.45) is -4.22. The third-order valence-electron chi connectivity index (χ3n) is 5.58. The van der Waals surface area contributed by atoms with Crippen LogP contribution in [0.1, 0.15) is 39.7 Å². The number of hydroxylamine groups is 2. The van der Waals surface area contributed by atoms with Gasteiger partial charge in [-0.1, -0.05) is 30.3 Å². The highest BCUT2D eigenvalue weighted by atomic mass is 16.7. The Labute approximate surface area is 203 Å². The van der Waals surface area contributed by atoms with Gasteiger partial charge in [-0.05, 0) is 12.0 Å². The number of rotatable bonds is 9. The SMILES string of the molecule is CC(=O)OC[C@@H](OC(C)=O)[C@@H](OC(C)=O)[C@H]1OC[C@@H]2C[C@@H]([C@H]1OC(C)=O)N(Cc1ccccc1)O2. The number of hydrogen-bond acceptors (Lipinski definition) is 11. The molecule has 2 saturated heterocycles. The summed E-state index contributed by atoms with van der Waals surface area (Å²) in [6.45, 7) is 5.00. The summed E-state index contributed by atoms with van der Waals surface area (Å²) in [6, 6.07) is 9.19. The minimum atomic E-state index is -1.22. The second-order valence-electron chi connectivity index (χ2n) is 8.49. The minimum absolute atomic E-state index is 0.113. The van der Waals surface area contributed by atoms with E-state index < -0.39 is 54.3 Å². The molecule has 0 amide bonds. The Morgan fingerprint density at radius 1 is 0.971 bits per heavy atom. The molecular weight excluding hydrogens is 462 g/mol. The van der Waals surface area contributed by atoms with Gasteiger partial charge in [-0.2, -0.15) is 5.06 Å². The van der Waals surface area contributed by atoms with Crippen molar-refractivity contribution in [2.45, 2.75) is 77.2 Å². The third kappa shape index (κ3) is 7.48. The zero-order chi connectivity index (χ0) is 25.5. The molecule has 2 bridgehead atoms. The van der Waals surface area contributed by atoms with E-state index in [0.29, 0.717) is 13.0 Å². The fraction of sp³-hybridized carbons (Fsp3) is 0.583. The summed E-state index contributed by atoms with van der Waals surface area (Å²) >= 11 is 0. The molecule has 0 saturated carbocycles. The molecule has 0 aliphatic carbocycles. The molecule has 11 heteroatoms. The number of esters is 4. The first-order valence-electron chi connectivity index (χ1n) is 11.4. The molecule has 1 aromatic rings. The van der Waals surface area contributed by atoms with E-state index >= 15 is 0 Å². The lowest BCUT2D eigenvalue weighted by molar-refractivity contribution is -0.250. The number of hydrogen-bond donors (Lipinski definition) is 0. The van der Waals surface area contributed by atoms with E-state index in [9.17, 15) is 19.2 Å². The topological polar surface area (TPSA) is 127 Å². The predicted octanol–water partition coefficient (Wildman–Crippen LogP) is 1.32. The van der Waals surface area contributed by atoms with Crippen molar-refractivity contribution < 1.29 is 47.7 Å². The molecule has 0 aromatic heterocycles. The van der Waals surface area contributed by atoms with E-state index in [0.717, 1.165) is 5.56 Å². The molecule has 192 valence electrons. The summed E-state index contributed by atoms with van der Waals surface area (Å²) in [4.78, 5) is 53.5. The molecule has 0 radical (unpaired) electrons. The van der Waals surface area contributed by atoms with Crippen molar-refractivity contribution in [2.75, 3.05) is 13.2 Å². The lowest BCUT2D eigenvalue weighted by atomic mass is 9.95. The molecule has 11 nitrogen and oxygen atoms in total. The summed E-state index contributed by atoms with van der Waals surface area (Å²) in [7, 11) is 0. The van der Waals surface area contributed by atoms with Crippen LogP contribution in [0.15, 0.2) is 30.3 Å². The van der Waals surface area contributed by atoms with Crippen molar-refractivity contribution in [2.24, 2.45) is 0 Å². The largest absolute Gasteiger partial charge is 0.462 e. The smallest absolute Gasteiger partial charge is 0.303 e. The van der Waals surface area contributed by atoms with Crippen LogP contribution in [0, 0.1) is 0 Å². The van der Waals surface area contributed by atoms with Gasteiger partial charge in [-0.15, -0.1) is 0 Å². The van der Waals surface area contributed by atoms with Gasteiger partial charge in [0.05, 0.1) is 12.6 Å². The van der Waals surface area contributed by atoms with Crippen LogP contribution in [-0.2, 0) is 54.2 Å². The fourth-order valence-corrected chi connectivity index (χ4v) is 4.32. The maximum atomic E-state index is 12.1. The van der Waals surface area contributed by atoms with Crippen molar-refractivity contribution in [1.29, 1.82) is 0 Å². The normalized spacial score (nSPS) is 25.6. The van der Waals surface area contributed by atoms with E-state index in [4.69, 9.17) is 28.5 Å². The van der Waals surface area contributed by atoms with E-state index in [1.165, 1.54) is 27.7 Å². The molecule has 6 atom stereocenters. The molecule has 0 N–H and O–H groups in total. The summed E-state index contributed by atoms with van der Waals surface area (Å²) in [5.41, 5.74) is 0.988. The van der Waals surface area contributed by atoms with Crippen LogP contribution in [0.25, 0.3) is 0 Å². The first kappa shape index (κ1) is 26.6. The monoisotopic (exact) mass is 493 g/mol. The van der Waals surface area contributed by atoms with Crippen molar-refractivity contribution in [1.82, 2.24) is 5.06 Å². The number of carbonyl (C=O) groups excluding carboxylic acids is 4. The highest BCUT2D eigenvalue weighted by Crippen LogP contribution is 2.35. The number of ether oxygens (including phenoxy) is 5. The Kier molecular flexibility index (Phi) is 9.19. The van der Waals surface area contributed by atoms with E-state index in [-0.39, 0.29) is 19.3 Å². The van der Waals surface area contributed by atoms with Crippen LogP contribution in [0.5, 0.6) is 0 Å². The van der Waals surface area contributed by atoms with E-state index in [1.54, 1.807) is 5.06 Å². The van der Waals surface area contributed by atoms with Gasteiger partial charge >= 0.3 is 23.9 Å². The van der Waals surface area contributed by atoms with Gasteiger partial charge in [0.2, 0.25) is 0 Å². The van der Waals surface area contributed by atoms with Crippen LogP contribution >= 0.6 is 0 Å². The van der Waals surface area contributed by atoms with Crippen molar-refractivity contribution in [3.05, 3.63) is 35.9 Å². The second kappa shape index (κ2) is 12.1. The predicted molar refractivity (Wildman–Crippen MR) is 118 cm³/mol. The average molecular weight is 494 g/mol. The maximum Gasteiger partial charge on any atom is 0.303 e. The van der Waals surface area contributed by atoms with Crippen LogP contribution in [0.2, 0.25) is 0 Å². The number of nitrogens with zero attached hydrogens (tertiary/aromatic N) is 1. The molecule has 35 heavy (non-hydrogen) atoms. The minimum Gasteiger partial charge on any atom is -0.462 e. The Balaban J connectivity index is 1.95. The number of carbonyl (C=O) groups is 4. The summed E-state index contributed by atoms with van der Waals surface area (Å²) < 4.78 is 27.7. The number of fused-ring (bicyclic) bond motifs is 2. The zero-order valence-corrected chi connectivity index (χ0v) is 20.2. The van der Waals surface area contributed by atoms with Crippen molar-refractivity contribution in [3.63, 3.8) is 0 Å². The highest BCUT2D eigenvalue weighted by Gasteiger charge is 2.52. The lowest BCUT2D eigenvalue weighted by Crippen LogP contribution is -2.57. The molecular formula is C24H31NO10. The Morgan fingerprint density at radius 3 is 2.26 bits per heavy atom. The van der Waals surface area contributed by atoms with Crippen LogP contribution < -0.4 is 0 Å². The molecule has 0 spiro atoms. The first-order chi connectivity index (χ1) is 16.6. The second-order valence-corrected chi connectivity index (χ2v) is 8.49. The average Bonchev–Trinajstić information content (AvgIpc) is 3.08. The third-order valence-corrected chi connectivity index (χ3v) is 5.58. The van der Waals surface area contributed by atoms with E-state index in [1.807, 2.05) is 30.3 Å². The van der Waals surface area contributed by atoms with Gasteiger partial charge in [0.1, 0.15) is 24.9 Å². The quantitative estimate of drug-likeness (QED) is 0.365. The summed E-state index contributed by atoms with van der Waals surface area (Å²) in [5.74, 6) is -2.53. The summed E-state index contributed by atoms with van der Waals surface area (Å²) in [5, 5.41) is 1.74. The molecule has 2 fully saturated rings. The van der Waals surface area contributed by atoms with Gasteiger partial charge in [0, 0.05) is 34.2 Å². The number of benzene rings is 1. The molecule has 1 aromatic carbocycles. The van der Waals surface area contributed by atoms with Gasteiger partial charge in [-0.25, -0.2) is 0 Å². The van der Waals surface area contributed by atoms with Crippen LogP contribution in [0.4, 0.5) is 0 Å². The van der Waals surface area contributed by atoms with Crippen LogP contribution in [-0.4, -0.2) is 78.7 Å². The Hall–Kier alpha value is -3.02. The molecule has 3 rings (SSSR count). The fourth-order valence-electron chi connectivity index (χ4n) is 4.32. The lowest BCUT2D eigenvalue weighted by Gasteiger charge is -2.39. The molecule has 2 heterocycles. The Bertz CT molecular complexity index is 907. The Morgan fingerprint density at radius 2 is 1.66 bits per heavy atom. The van der Waals surface area contributed by atoms with Crippen LogP contribution in [0.3, 0.4) is 0 Å². The maximum absolute atomic E-state index is 12.1. The standard InChI is InChI=1S/C24H31NO10/c1-14(26)30-13-21(32-15(2)27)23(34-17(4)29)24-22(33-16(3)28)20-10-19(12-31-24)35-25(20)11-18-8-6-5-7-9-18/h5-9,19-24H,10-13H2,1-4H3/t19-,20-,21+,22+,23+,24-/m0/s1. The van der Waals surface area contributed by atoms with Gasteiger partial charge in [0.15, 0.2) is 12.2 Å². The van der Waals surface area contributed by atoms with E-state index in [2.05, 4.69) is 0 Å². The molecule has 2 aliphatic rings. The first-order valence-corrected chi connectivity index (χ1v) is 11.4. The van der Waals surface area contributed by atoms with Crippen molar-refractivity contribution in [3.8, 4) is 0 Å². The zero-order valence-electron chi connectivity index (χ0n) is 20.2. The van der Waals surface area contributed by atoms with Gasteiger partial charge in [0.25, 0.3) is 0 Å².